The molecule has 1 N–H and O–H groups in total. The highest BCUT2D eigenvalue weighted by Gasteiger charge is 1.98. The summed E-state index contributed by atoms with van der Waals surface area (Å²) in [6.07, 6.45) is 4.27. The van der Waals surface area contributed by atoms with Gasteiger partial charge in [-0.25, -0.2) is 9.78 Å². The molecule has 0 saturated heterocycles. The summed E-state index contributed by atoms with van der Waals surface area (Å²) >= 11 is 0. The first kappa shape index (κ1) is 13.1. The van der Waals surface area contributed by atoms with Gasteiger partial charge in [-0.3, -0.25) is 0 Å². The zero-order valence-corrected chi connectivity index (χ0v) is 10.6. The SMILES string of the molecule is C/C(=C\CCSSc1ccccn1)C(=O)O. The van der Waals surface area contributed by atoms with Crippen LogP contribution in [0, 0.1) is 0 Å². The van der Waals surface area contributed by atoms with Crippen molar-refractivity contribution in [3.05, 3.63) is 36.0 Å². The molecule has 1 aromatic heterocycles. The van der Waals surface area contributed by atoms with Crippen LogP contribution in [0.1, 0.15) is 13.3 Å². The van der Waals surface area contributed by atoms with Crippen LogP contribution in [0.25, 0.3) is 0 Å². The van der Waals surface area contributed by atoms with Gasteiger partial charge in [-0.15, -0.1) is 0 Å². The zero-order valence-electron chi connectivity index (χ0n) is 8.92. The van der Waals surface area contributed by atoms with E-state index in [0.29, 0.717) is 5.57 Å². The Labute approximate surface area is 103 Å². The van der Waals surface area contributed by atoms with Crippen molar-refractivity contribution < 1.29 is 9.90 Å². The van der Waals surface area contributed by atoms with E-state index in [1.165, 1.54) is 0 Å². The van der Waals surface area contributed by atoms with Crippen LogP contribution in [0.3, 0.4) is 0 Å². The minimum atomic E-state index is -0.845. The standard InChI is InChI=1S/C11H13NO2S2/c1-9(11(13)14)5-4-8-15-16-10-6-2-3-7-12-10/h2-3,5-7H,4,8H2,1H3,(H,13,14)/b9-5+. The van der Waals surface area contributed by atoms with E-state index in [4.69, 9.17) is 5.11 Å². The number of pyridine rings is 1. The number of rotatable bonds is 6. The lowest BCUT2D eigenvalue weighted by Crippen LogP contribution is -1.95. The molecule has 0 bridgehead atoms. The first-order valence-electron chi connectivity index (χ1n) is 4.80. The fourth-order valence-corrected chi connectivity index (χ4v) is 2.76. The number of carboxylic acid groups (broad SMARTS) is 1. The second kappa shape index (κ2) is 7.35. The van der Waals surface area contributed by atoms with Gasteiger partial charge in [0, 0.05) is 17.5 Å². The molecule has 5 heteroatoms. The van der Waals surface area contributed by atoms with Gasteiger partial charge >= 0.3 is 5.97 Å². The first-order valence-corrected chi connectivity index (χ1v) is 7.12. The summed E-state index contributed by atoms with van der Waals surface area (Å²) in [6, 6.07) is 5.79. The number of carbonyl (C=O) groups is 1. The summed E-state index contributed by atoms with van der Waals surface area (Å²) in [5, 5.41) is 9.60. The summed E-state index contributed by atoms with van der Waals surface area (Å²) in [6.45, 7) is 1.61. The van der Waals surface area contributed by atoms with E-state index in [2.05, 4.69) is 4.98 Å². The number of carboxylic acids is 1. The Kier molecular flexibility index (Phi) is 6.03. The third-order valence-corrected chi connectivity index (χ3v) is 4.07. The average Bonchev–Trinajstić information content (AvgIpc) is 2.29. The molecule has 0 unspecified atom stereocenters. The van der Waals surface area contributed by atoms with Gasteiger partial charge in [-0.1, -0.05) is 22.9 Å². The minimum absolute atomic E-state index is 0.406. The normalized spacial score (nSPS) is 11.4. The van der Waals surface area contributed by atoms with Crippen molar-refractivity contribution in [2.75, 3.05) is 5.75 Å². The lowest BCUT2D eigenvalue weighted by atomic mass is 10.2. The molecule has 0 aliphatic heterocycles. The van der Waals surface area contributed by atoms with E-state index >= 15 is 0 Å². The van der Waals surface area contributed by atoms with Crippen molar-refractivity contribution in [1.82, 2.24) is 4.98 Å². The molecule has 0 spiro atoms. The van der Waals surface area contributed by atoms with Gasteiger partial charge in [0.1, 0.15) is 5.03 Å². The number of nitrogens with zero attached hydrogens (tertiary/aromatic N) is 1. The van der Waals surface area contributed by atoms with E-state index < -0.39 is 5.97 Å². The quantitative estimate of drug-likeness (QED) is 0.480. The molecular weight excluding hydrogens is 242 g/mol. The van der Waals surface area contributed by atoms with Crippen LogP contribution in [0.5, 0.6) is 0 Å². The maximum Gasteiger partial charge on any atom is 0.330 e. The predicted octanol–water partition coefficient (Wildman–Crippen LogP) is 3.24. The third kappa shape index (κ3) is 5.23. The predicted molar refractivity (Wildman–Crippen MR) is 68.6 cm³/mol. The summed E-state index contributed by atoms with van der Waals surface area (Å²) < 4.78 is 0. The van der Waals surface area contributed by atoms with E-state index in [1.807, 2.05) is 18.2 Å². The summed E-state index contributed by atoms with van der Waals surface area (Å²) in [4.78, 5) is 14.7. The molecule has 3 nitrogen and oxygen atoms in total. The molecule has 0 aliphatic rings. The number of aromatic nitrogens is 1. The van der Waals surface area contributed by atoms with Crippen molar-refractivity contribution >= 4 is 27.6 Å². The van der Waals surface area contributed by atoms with Crippen molar-refractivity contribution in [3.63, 3.8) is 0 Å². The molecule has 1 heterocycles. The van der Waals surface area contributed by atoms with Gasteiger partial charge in [-0.2, -0.15) is 0 Å². The number of hydrogen-bond donors (Lipinski definition) is 1. The Hall–Kier alpha value is -0.940. The third-order valence-electron chi connectivity index (χ3n) is 1.77. The van der Waals surface area contributed by atoms with Crippen LogP contribution in [0.4, 0.5) is 0 Å². The first-order chi connectivity index (χ1) is 7.70. The zero-order chi connectivity index (χ0) is 11.8. The molecule has 0 aromatic carbocycles. The molecule has 0 saturated carbocycles. The highest BCUT2D eigenvalue weighted by atomic mass is 33.1. The largest absolute Gasteiger partial charge is 0.478 e. The maximum atomic E-state index is 10.5. The molecule has 1 rings (SSSR count). The van der Waals surface area contributed by atoms with Gasteiger partial charge in [0.05, 0.1) is 0 Å². The second-order valence-corrected chi connectivity index (χ2v) is 5.49. The monoisotopic (exact) mass is 255 g/mol. The molecule has 0 fully saturated rings. The van der Waals surface area contributed by atoms with Gasteiger partial charge < -0.3 is 5.11 Å². The van der Waals surface area contributed by atoms with Crippen LogP contribution < -0.4 is 0 Å². The van der Waals surface area contributed by atoms with Crippen LogP contribution in [0.15, 0.2) is 41.1 Å². The van der Waals surface area contributed by atoms with E-state index in [-0.39, 0.29) is 0 Å². The Morgan fingerprint density at radius 2 is 2.38 bits per heavy atom. The summed E-state index contributed by atoms with van der Waals surface area (Å²) in [5.41, 5.74) is 0.406. The minimum Gasteiger partial charge on any atom is -0.478 e. The number of allylic oxidation sites excluding steroid dienone is 1. The van der Waals surface area contributed by atoms with E-state index in [1.54, 1.807) is 40.8 Å². The van der Waals surface area contributed by atoms with Crippen molar-refractivity contribution in [2.24, 2.45) is 0 Å². The van der Waals surface area contributed by atoms with Crippen LogP contribution in [0.2, 0.25) is 0 Å². The Morgan fingerprint density at radius 3 is 3.00 bits per heavy atom. The molecular formula is C11H13NO2S2. The van der Waals surface area contributed by atoms with E-state index in [9.17, 15) is 4.79 Å². The molecule has 0 aliphatic carbocycles. The lowest BCUT2D eigenvalue weighted by molar-refractivity contribution is -0.132. The Morgan fingerprint density at radius 1 is 1.56 bits per heavy atom. The average molecular weight is 255 g/mol. The van der Waals surface area contributed by atoms with Gasteiger partial charge in [0.25, 0.3) is 0 Å². The van der Waals surface area contributed by atoms with Gasteiger partial charge in [0.2, 0.25) is 0 Å². The molecule has 1 aromatic rings. The molecule has 0 amide bonds. The van der Waals surface area contributed by atoms with Gasteiger partial charge in [-0.05, 0) is 36.3 Å². The second-order valence-electron chi connectivity index (χ2n) is 3.05. The Bertz CT molecular complexity index is 366. The van der Waals surface area contributed by atoms with Crippen LogP contribution in [-0.2, 0) is 4.79 Å². The maximum absolute atomic E-state index is 10.5. The molecule has 86 valence electrons. The fraction of sp³-hybridized carbons (Fsp3) is 0.273. The summed E-state index contributed by atoms with van der Waals surface area (Å²) in [7, 11) is 3.29. The topological polar surface area (TPSA) is 50.2 Å². The molecule has 0 radical (unpaired) electrons. The number of hydrogen-bond acceptors (Lipinski definition) is 4. The molecule has 0 atom stereocenters. The lowest BCUT2D eigenvalue weighted by Gasteiger charge is -1.98. The fourth-order valence-electron chi connectivity index (χ4n) is 0.909. The Balaban J connectivity index is 2.18. The van der Waals surface area contributed by atoms with E-state index in [0.717, 1.165) is 17.2 Å². The van der Waals surface area contributed by atoms with Crippen molar-refractivity contribution in [3.8, 4) is 0 Å². The molecule has 16 heavy (non-hydrogen) atoms. The highest BCUT2D eigenvalue weighted by molar-refractivity contribution is 8.76. The smallest absolute Gasteiger partial charge is 0.330 e. The highest BCUT2D eigenvalue weighted by Crippen LogP contribution is 2.29. The number of aliphatic carboxylic acids is 1. The van der Waals surface area contributed by atoms with Crippen LogP contribution >= 0.6 is 21.6 Å². The van der Waals surface area contributed by atoms with Crippen molar-refractivity contribution in [2.45, 2.75) is 18.4 Å². The van der Waals surface area contributed by atoms with Crippen molar-refractivity contribution in [1.29, 1.82) is 0 Å². The van der Waals surface area contributed by atoms with Gasteiger partial charge in [0.15, 0.2) is 0 Å². The summed E-state index contributed by atoms with van der Waals surface area (Å²) in [5.74, 6) is 0.0358. The van der Waals surface area contributed by atoms with Crippen LogP contribution in [-0.4, -0.2) is 21.8 Å².